The number of nitrogens with one attached hydrogen (secondary N) is 1. The fourth-order valence-corrected chi connectivity index (χ4v) is 1.59. The second-order valence-electron chi connectivity index (χ2n) is 3.79. The molecule has 1 rings (SSSR count). The lowest BCUT2D eigenvalue weighted by Gasteiger charge is -2.19. The van der Waals surface area contributed by atoms with Gasteiger partial charge in [-0.2, -0.15) is 13.2 Å². The van der Waals surface area contributed by atoms with Crippen molar-refractivity contribution in [2.24, 2.45) is 5.73 Å². The predicted octanol–water partition coefficient (Wildman–Crippen LogP) is 2.80. The van der Waals surface area contributed by atoms with Crippen molar-refractivity contribution in [3.05, 3.63) is 34.3 Å². The van der Waals surface area contributed by atoms with Gasteiger partial charge in [0.15, 0.2) is 0 Å². The van der Waals surface area contributed by atoms with Crippen molar-refractivity contribution in [2.45, 2.75) is 19.1 Å². The predicted molar refractivity (Wildman–Crippen MR) is 62.0 cm³/mol. The number of halogens is 4. The number of benzene rings is 1. The smallest absolute Gasteiger partial charge is 0.329 e. The standard InChI is InChI=1S/C11H14ClF3N2/c1-7-2-3-8(4-9(7)12)10(5-16)17-6-11(13,14)15/h2-4,10,17H,5-6,16H2,1H3. The van der Waals surface area contributed by atoms with Crippen molar-refractivity contribution in [2.75, 3.05) is 13.1 Å². The molecule has 0 amide bonds. The number of hydrogen-bond donors (Lipinski definition) is 2. The molecule has 0 aliphatic carbocycles. The molecule has 1 aromatic carbocycles. The molecule has 0 radical (unpaired) electrons. The normalized spacial score (nSPS) is 13.8. The zero-order chi connectivity index (χ0) is 13.1. The van der Waals surface area contributed by atoms with E-state index in [1.807, 2.05) is 6.92 Å². The second-order valence-corrected chi connectivity index (χ2v) is 4.20. The number of aryl methyl sites for hydroxylation is 1. The molecule has 2 nitrogen and oxygen atoms in total. The Balaban J connectivity index is 2.76. The minimum Gasteiger partial charge on any atom is -0.329 e. The first-order chi connectivity index (χ1) is 7.83. The van der Waals surface area contributed by atoms with E-state index in [1.54, 1.807) is 18.2 Å². The van der Waals surface area contributed by atoms with Gasteiger partial charge in [-0.3, -0.25) is 0 Å². The Morgan fingerprint density at radius 2 is 2.06 bits per heavy atom. The lowest BCUT2D eigenvalue weighted by Crippen LogP contribution is -2.35. The zero-order valence-corrected chi connectivity index (χ0v) is 10.1. The molecule has 96 valence electrons. The van der Waals surface area contributed by atoms with Gasteiger partial charge >= 0.3 is 6.18 Å². The molecule has 3 N–H and O–H groups in total. The Bertz CT molecular complexity index is 379. The molecule has 0 saturated carbocycles. The van der Waals surface area contributed by atoms with Gasteiger partial charge in [-0.1, -0.05) is 23.7 Å². The largest absolute Gasteiger partial charge is 0.401 e. The Labute approximate surface area is 103 Å². The van der Waals surface area contributed by atoms with Gasteiger partial charge in [0, 0.05) is 17.6 Å². The number of hydrogen-bond acceptors (Lipinski definition) is 2. The highest BCUT2D eigenvalue weighted by molar-refractivity contribution is 6.31. The minimum absolute atomic E-state index is 0.0788. The average molecular weight is 267 g/mol. The molecule has 1 aromatic rings. The molecule has 1 atom stereocenters. The third kappa shape index (κ3) is 4.53. The second kappa shape index (κ2) is 5.71. The highest BCUT2D eigenvalue weighted by Gasteiger charge is 2.28. The van der Waals surface area contributed by atoms with Gasteiger partial charge in [0.2, 0.25) is 0 Å². The van der Waals surface area contributed by atoms with Gasteiger partial charge in [-0.05, 0) is 24.1 Å². The van der Waals surface area contributed by atoms with Crippen LogP contribution in [0.3, 0.4) is 0 Å². The fourth-order valence-electron chi connectivity index (χ4n) is 1.40. The van der Waals surface area contributed by atoms with Gasteiger partial charge in [0.1, 0.15) is 0 Å². The van der Waals surface area contributed by atoms with Crippen molar-refractivity contribution >= 4 is 11.6 Å². The summed E-state index contributed by atoms with van der Waals surface area (Å²) in [5, 5.41) is 2.89. The number of alkyl halides is 3. The van der Waals surface area contributed by atoms with Gasteiger partial charge in [0.05, 0.1) is 6.54 Å². The summed E-state index contributed by atoms with van der Waals surface area (Å²) in [5.74, 6) is 0. The summed E-state index contributed by atoms with van der Waals surface area (Å²) >= 11 is 5.91. The molecule has 0 aromatic heterocycles. The third-order valence-corrected chi connectivity index (χ3v) is 2.79. The van der Waals surface area contributed by atoms with Crippen LogP contribution in [0.2, 0.25) is 5.02 Å². The van der Waals surface area contributed by atoms with Crippen LogP contribution in [-0.2, 0) is 0 Å². The van der Waals surface area contributed by atoms with E-state index in [4.69, 9.17) is 17.3 Å². The third-order valence-electron chi connectivity index (χ3n) is 2.38. The van der Waals surface area contributed by atoms with Crippen LogP contribution in [0.25, 0.3) is 0 Å². The van der Waals surface area contributed by atoms with Crippen LogP contribution in [0.15, 0.2) is 18.2 Å². The number of rotatable bonds is 4. The quantitative estimate of drug-likeness (QED) is 0.879. The fraction of sp³-hybridized carbons (Fsp3) is 0.455. The lowest BCUT2D eigenvalue weighted by molar-refractivity contribution is -0.126. The molecule has 6 heteroatoms. The summed E-state index contributed by atoms with van der Waals surface area (Å²) in [4.78, 5) is 0. The van der Waals surface area contributed by atoms with Crippen molar-refractivity contribution in [1.82, 2.24) is 5.32 Å². The van der Waals surface area contributed by atoms with Gasteiger partial charge < -0.3 is 11.1 Å². The molecule has 0 saturated heterocycles. The van der Waals surface area contributed by atoms with Crippen LogP contribution in [0.4, 0.5) is 13.2 Å². The van der Waals surface area contributed by atoms with E-state index in [9.17, 15) is 13.2 Å². The number of nitrogens with two attached hydrogens (primary N) is 1. The summed E-state index contributed by atoms with van der Waals surface area (Å²) in [6.45, 7) is 0.836. The monoisotopic (exact) mass is 266 g/mol. The first-order valence-electron chi connectivity index (χ1n) is 5.09. The average Bonchev–Trinajstić information content (AvgIpc) is 2.22. The van der Waals surface area contributed by atoms with Gasteiger partial charge in [-0.15, -0.1) is 0 Å². The van der Waals surface area contributed by atoms with E-state index in [1.165, 1.54) is 0 Å². The van der Waals surface area contributed by atoms with Crippen LogP contribution in [-0.4, -0.2) is 19.3 Å². The van der Waals surface area contributed by atoms with Crippen LogP contribution in [0, 0.1) is 6.92 Å². The first-order valence-corrected chi connectivity index (χ1v) is 5.47. The maximum absolute atomic E-state index is 12.1. The molecule has 0 aliphatic rings. The van der Waals surface area contributed by atoms with E-state index >= 15 is 0 Å². The molecule has 0 spiro atoms. The Kier molecular flexibility index (Phi) is 4.80. The highest BCUT2D eigenvalue weighted by Crippen LogP contribution is 2.22. The van der Waals surface area contributed by atoms with Gasteiger partial charge in [-0.25, -0.2) is 0 Å². The summed E-state index contributed by atoms with van der Waals surface area (Å²) in [7, 11) is 0. The van der Waals surface area contributed by atoms with Crippen LogP contribution in [0.5, 0.6) is 0 Å². The Hall–Kier alpha value is -0.780. The summed E-state index contributed by atoms with van der Waals surface area (Å²) in [6, 6.07) is 4.57. The van der Waals surface area contributed by atoms with Crippen LogP contribution < -0.4 is 11.1 Å². The highest BCUT2D eigenvalue weighted by atomic mass is 35.5. The van der Waals surface area contributed by atoms with Crippen LogP contribution in [0.1, 0.15) is 17.2 Å². The summed E-state index contributed by atoms with van der Waals surface area (Å²) < 4.78 is 36.2. The lowest BCUT2D eigenvalue weighted by atomic mass is 10.1. The molecular formula is C11H14ClF3N2. The summed E-state index contributed by atoms with van der Waals surface area (Å²) in [5.41, 5.74) is 6.99. The topological polar surface area (TPSA) is 38.0 Å². The van der Waals surface area contributed by atoms with Gasteiger partial charge in [0.25, 0.3) is 0 Å². The minimum atomic E-state index is -4.25. The van der Waals surface area contributed by atoms with E-state index < -0.39 is 18.8 Å². The maximum atomic E-state index is 12.1. The van der Waals surface area contributed by atoms with Crippen molar-refractivity contribution in [3.63, 3.8) is 0 Å². The van der Waals surface area contributed by atoms with Crippen molar-refractivity contribution in [3.8, 4) is 0 Å². The van der Waals surface area contributed by atoms with Crippen LogP contribution >= 0.6 is 11.6 Å². The SMILES string of the molecule is Cc1ccc(C(CN)NCC(F)(F)F)cc1Cl. The first kappa shape index (κ1) is 14.3. The Morgan fingerprint density at radius 1 is 1.41 bits per heavy atom. The maximum Gasteiger partial charge on any atom is 0.401 e. The Morgan fingerprint density at radius 3 is 2.53 bits per heavy atom. The summed E-state index contributed by atoms with van der Waals surface area (Å²) in [6.07, 6.45) is -4.25. The van der Waals surface area contributed by atoms with Crippen molar-refractivity contribution < 1.29 is 13.2 Å². The molecule has 17 heavy (non-hydrogen) atoms. The van der Waals surface area contributed by atoms with E-state index in [2.05, 4.69) is 5.32 Å². The molecule has 0 fully saturated rings. The van der Waals surface area contributed by atoms with E-state index in [0.29, 0.717) is 10.6 Å². The van der Waals surface area contributed by atoms with Crippen molar-refractivity contribution in [1.29, 1.82) is 0 Å². The molecular weight excluding hydrogens is 253 g/mol. The molecule has 0 heterocycles. The molecule has 0 bridgehead atoms. The molecule has 0 aliphatic heterocycles. The van der Waals surface area contributed by atoms with E-state index in [-0.39, 0.29) is 6.54 Å². The van der Waals surface area contributed by atoms with E-state index in [0.717, 1.165) is 5.56 Å². The molecule has 1 unspecified atom stereocenters. The zero-order valence-electron chi connectivity index (χ0n) is 9.31.